The van der Waals surface area contributed by atoms with Crippen molar-refractivity contribution in [2.45, 2.75) is 19.5 Å². The Kier molecular flexibility index (Phi) is 6.26. The molecule has 0 aliphatic heterocycles. The monoisotopic (exact) mass is 356 g/mol. The first-order valence-electron chi connectivity index (χ1n) is 6.91. The molecule has 0 bridgehead atoms. The van der Waals surface area contributed by atoms with E-state index in [0.717, 1.165) is 10.4 Å². The SMILES string of the molecule is C[C@H](NC(=O)CN(C)Cc1ccc(Cl)c(Cl)c1)c1cccs1. The number of carbonyl (C=O) groups excluding carboxylic acids is 1. The van der Waals surface area contributed by atoms with Crippen LogP contribution in [-0.2, 0) is 11.3 Å². The second kappa shape index (κ2) is 7.97. The molecule has 0 spiro atoms. The van der Waals surface area contributed by atoms with E-state index >= 15 is 0 Å². The fourth-order valence-electron chi connectivity index (χ4n) is 2.15. The molecule has 0 fully saturated rings. The van der Waals surface area contributed by atoms with Crippen molar-refractivity contribution in [3.63, 3.8) is 0 Å². The second-order valence-corrected chi connectivity index (χ2v) is 7.02. The van der Waals surface area contributed by atoms with E-state index in [-0.39, 0.29) is 11.9 Å². The summed E-state index contributed by atoms with van der Waals surface area (Å²) in [6, 6.07) is 9.55. The molecule has 3 nitrogen and oxygen atoms in total. The Labute approximate surface area is 144 Å². The van der Waals surface area contributed by atoms with Gasteiger partial charge >= 0.3 is 0 Å². The minimum Gasteiger partial charge on any atom is -0.348 e. The van der Waals surface area contributed by atoms with Gasteiger partial charge < -0.3 is 5.32 Å². The average Bonchev–Trinajstić information content (AvgIpc) is 2.96. The van der Waals surface area contributed by atoms with Crippen LogP contribution < -0.4 is 5.32 Å². The van der Waals surface area contributed by atoms with Crippen LogP contribution in [0.15, 0.2) is 35.7 Å². The Morgan fingerprint density at radius 1 is 1.32 bits per heavy atom. The summed E-state index contributed by atoms with van der Waals surface area (Å²) in [7, 11) is 1.90. The highest BCUT2D eigenvalue weighted by molar-refractivity contribution is 7.10. The molecule has 1 atom stereocenters. The number of thiophene rings is 1. The fraction of sp³-hybridized carbons (Fsp3) is 0.312. The second-order valence-electron chi connectivity index (χ2n) is 5.23. The summed E-state index contributed by atoms with van der Waals surface area (Å²) in [6.07, 6.45) is 0. The van der Waals surface area contributed by atoms with Gasteiger partial charge in [-0.2, -0.15) is 0 Å². The number of amides is 1. The van der Waals surface area contributed by atoms with Crippen LogP contribution in [0.1, 0.15) is 23.4 Å². The van der Waals surface area contributed by atoms with E-state index in [1.807, 2.05) is 48.5 Å². The number of likely N-dealkylation sites (N-methyl/N-ethyl adjacent to an activating group) is 1. The van der Waals surface area contributed by atoms with Gasteiger partial charge in [-0.1, -0.05) is 35.3 Å². The van der Waals surface area contributed by atoms with Crippen molar-refractivity contribution in [2.75, 3.05) is 13.6 Å². The van der Waals surface area contributed by atoms with Gasteiger partial charge in [-0.05, 0) is 43.1 Å². The summed E-state index contributed by atoms with van der Waals surface area (Å²) in [6.45, 7) is 2.95. The molecule has 118 valence electrons. The van der Waals surface area contributed by atoms with Crippen LogP contribution >= 0.6 is 34.5 Å². The molecule has 0 saturated heterocycles. The lowest BCUT2D eigenvalue weighted by atomic mass is 10.2. The molecule has 2 aromatic rings. The highest BCUT2D eigenvalue weighted by Crippen LogP contribution is 2.23. The van der Waals surface area contributed by atoms with Crippen molar-refractivity contribution >= 4 is 40.4 Å². The Morgan fingerprint density at radius 2 is 2.09 bits per heavy atom. The molecule has 0 aliphatic carbocycles. The van der Waals surface area contributed by atoms with Crippen LogP contribution in [0.2, 0.25) is 10.0 Å². The molecular weight excluding hydrogens is 339 g/mol. The number of halogens is 2. The van der Waals surface area contributed by atoms with Crippen molar-refractivity contribution in [1.29, 1.82) is 0 Å². The van der Waals surface area contributed by atoms with Crippen molar-refractivity contribution in [1.82, 2.24) is 10.2 Å². The van der Waals surface area contributed by atoms with Gasteiger partial charge in [-0.25, -0.2) is 0 Å². The van der Waals surface area contributed by atoms with Gasteiger partial charge in [0.15, 0.2) is 0 Å². The average molecular weight is 357 g/mol. The zero-order chi connectivity index (χ0) is 16.1. The third-order valence-corrected chi connectivity index (χ3v) is 4.99. The van der Waals surface area contributed by atoms with E-state index in [4.69, 9.17) is 23.2 Å². The number of benzene rings is 1. The molecule has 1 aromatic carbocycles. The van der Waals surface area contributed by atoms with Gasteiger partial charge in [-0.15, -0.1) is 11.3 Å². The number of rotatable bonds is 6. The van der Waals surface area contributed by atoms with Gasteiger partial charge in [-0.3, -0.25) is 9.69 Å². The van der Waals surface area contributed by atoms with Crippen LogP contribution in [-0.4, -0.2) is 24.4 Å². The lowest BCUT2D eigenvalue weighted by Crippen LogP contribution is -2.36. The molecule has 1 amide bonds. The number of nitrogens with one attached hydrogen (secondary N) is 1. The third kappa shape index (κ3) is 4.99. The topological polar surface area (TPSA) is 32.3 Å². The quantitative estimate of drug-likeness (QED) is 0.833. The molecule has 0 saturated carbocycles. The molecule has 2 rings (SSSR count). The summed E-state index contributed by atoms with van der Waals surface area (Å²) in [5.74, 6) is 0.00320. The first-order chi connectivity index (χ1) is 10.5. The Hall–Kier alpha value is -1.07. The maximum absolute atomic E-state index is 12.1. The summed E-state index contributed by atoms with van der Waals surface area (Å²) >= 11 is 13.5. The molecule has 0 radical (unpaired) electrons. The maximum Gasteiger partial charge on any atom is 0.234 e. The molecule has 1 aromatic heterocycles. The van der Waals surface area contributed by atoms with Crippen molar-refractivity contribution in [3.05, 3.63) is 56.2 Å². The van der Waals surface area contributed by atoms with Gasteiger partial charge in [0.2, 0.25) is 5.91 Å². The smallest absolute Gasteiger partial charge is 0.234 e. The lowest BCUT2D eigenvalue weighted by molar-refractivity contribution is -0.122. The van der Waals surface area contributed by atoms with E-state index in [2.05, 4.69) is 5.32 Å². The van der Waals surface area contributed by atoms with Gasteiger partial charge in [0.25, 0.3) is 0 Å². The fourth-order valence-corrected chi connectivity index (χ4v) is 3.20. The summed E-state index contributed by atoms with van der Waals surface area (Å²) in [5, 5.41) is 6.08. The lowest BCUT2D eigenvalue weighted by Gasteiger charge is -2.18. The number of hydrogen-bond acceptors (Lipinski definition) is 3. The highest BCUT2D eigenvalue weighted by Gasteiger charge is 2.12. The number of nitrogens with zero attached hydrogens (tertiary/aromatic N) is 1. The van der Waals surface area contributed by atoms with Crippen molar-refractivity contribution in [3.8, 4) is 0 Å². The van der Waals surface area contributed by atoms with Gasteiger partial charge in [0, 0.05) is 11.4 Å². The van der Waals surface area contributed by atoms with E-state index in [0.29, 0.717) is 23.1 Å². The normalized spacial score (nSPS) is 12.4. The van der Waals surface area contributed by atoms with Crippen LogP contribution in [0.3, 0.4) is 0 Å². The van der Waals surface area contributed by atoms with Crippen LogP contribution in [0, 0.1) is 0 Å². The first kappa shape index (κ1) is 17.3. The predicted octanol–water partition coefficient (Wildman–Crippen LogP) is 4.36. The predicted molar refractivity (Wildman–Crippen MR) is 93.7 cm³/mol. The molecule has 6 heteroatoms. The van der Waals surface area contributed by atoms with Gasteiger partial charge in [0.05, 0.1) is 22.6 Å². The van der Waals surface area contributed by atoms with Gasteiger partial charge in [0.1, 0.15) is 0 Å². The van der Waals surface area contributed by atoms with Crippen LogP contribution in [0.5, 0.6) is 0 Å². The van der Waals surface area contributed by atoms with Crippen LogP contribution in [0.4, 0.5) is 0 Å². The molecular formula is C16H18Cl2N2OS. The van der Waals surface area contributed by atoms with E-state index in [9.17, 15) is 4.79 Å². The van der Waals surface area contributed by atoms with Crippen molar-refractivity contribution < 1.29 is 4.79 Å². The minimum absolute atomic E-state index is 0.00320. The Bertz CT molecular complexity index is 631. The third-order valence-electron chi connectivity index (χ3n) is 3.20. The van der Waals surface area contributed by atoms with E-state index in [1.165, 1.54) is 0 Å². The van der Waals surface area contributed by atoms with Crippen LogP contribution in [0.25, 0.3) is 0 Å². The Morgan fingerprint density at radius 3 is 2.73 bits per heavy atom. The largest absolute Gasteiger partial charge is 0.348 e. The summed E-state index contributed by atoms with van der Waals surface area (Å²) < 4.78 is 0. The molecule has 22 heavy (non-hydrogen) atoms. The standard InChI is InChI=1S/C16H18Cl2N2OS/c1-11(15-4-3-7-22-15)19-16(21)10-20(2)9-12-5-6-13(17)14(18)8-12/h3-8,11H,9-10H2,1-2H3,(H,19,21)/t11-/m0/s1. The minimum atomic E-state index is 0.00320. The molecule has 1 N–H and O–H groups in total. The number of carbonyl (C=O) groups is 1. The van der Waals surface area contributed by atoms with Crippen molar-refractivity contribution in [2.24, 2.45) is 0 Å². The first-order valence-corrected chi connectivity index (χ1v) is 8.54. The zero-order valence-corrected chi connectivity index (χ0v) is 14.8. The summed E-state index contributed by atoms with van der Waals surface area (Å²) in [4.78, 5) is 15.2. The van der Waals surface area contributed by atoms with E-state index < -0.39 is 0 Å². The Balaban J connectivity index is 1.84. The molecule has 1 heterocycles. The summed E-state index contributed by atoms with van der Waals surface area (Å²) in [5.41, 5.74) is 1.02. The molecule has 0 aliphatic rings. The highest BCUT2D eigenvalue weighted by atomic mass is 35.5. The molecule has 0 unspecified atom stereocenters. The van der Waals surface area contributed by atoms with E-state index in [1.54, 1.807) is 17.4 Å². The maximum atomic E-state index is 12.1. The zero-order valence-electron chi connectivity index (χ0n) is 12.5. The number of hydrogen-bond donors (Lipinski definition) is 1.